The molecule has 0 spiro atoms. The number of carbonyl (C=O) groups excluding carboxylic acids is 1. The number of aromatic amines is 1. The van der Waals surface area contributed by atoms with Gasteiger partial charge in [0, 0.05) is 10.2 Å². The summed E-state index contributed by atoms with van der Waals surface area (Å²) in [5, 5.41) is 2.64. The van der Waals surface area contributed by atoms with Gasteiger partial charge in [-0.25, -0.2) is 4.98 Å². The molecule has 0 aliphatic carbocycles. The highest BCUT2D eigenvalue weighted by Gasteiger charge is 2.34. The van der Waals surface area contributed by atoms with E-state index in [4.69, 9.17) is 0 Å². The minimum Gasteiger partial charge on any atom is -0.334 e. The first-order valence-corrected chi connectivity index (χ1v) is 7.27. The van der Waals surface area contributed by atoms with E-state index in [9.17, 15) is 18.0 Å². The van der Waals surface area contributed by atoms with Gasteiger partial charge in [-0.3, -0.25) is 4.79 Å². The predicted octanol–water partition coefficient (Wildman–Crippen LogP) is 4.60. The second-order valence-electron chi connectivity index (χ2n) is 4.75. The SMILES string of the molecule is O=C(Nc1ccc2nc(C(F)(F)F)[nH]c2c1)c1ccccc1Br. The molecule has 3 rings (SSSR count). The van der Waals surface area contributed by atoms with Crippen molar-refractivity contribution >= 4 is 38.6 Å². The topological polar surface area (TPSA) is 57.8 Å². The Kier molecular flexibility index (Phi) is 3.85. The smallest absolute Gasteiger partial charge is 0.334 e. The van der Waals surface area contributed by atoms with Crippen LogP contribution in [0.2, 0.25) is 0 Å². The maximum atomic E-state index is 12.6. The molecule has 8 heteroatoms. The highest BCUT2D eigenvalue weighted by molar-refractivity contribution is 9.10. The van der Waals surface area contributed by atoms with Crippen LogP contribution in [0, 0.1) is 0 Å². The van der Waals surface area contributed by atoms with Gasteiger partial charge in [0.1, 0.15) is 0 Å². The minimum absolute atomic E-state index is 0.177. The highest BCUT2D eigenvalue weighted by Crippen LogP contribution is 2.29. The predicted molar refractivity (Wildman–Crippen MR) is 83.2 cm³/mol. The number of nitrogens with one attached hydrogen (secondary N) is 2. The van der Waals surface area contributed by atoms with Gasteiger partial charge >= 0.3 is 6.18 Å². The van der Waals surface area contributed by atoms with Gasteiger partial charge < -0.3 is 10.3 Å². The number of rotatable bonds is 2. The quantitative estimate of drug-likeness (QED) is 0.679. The Morgan fingerprint density at radius 1 is 1.17 bits per heavy atom. The summed E-state index contributed by atoms with van der Waals surface area (Å²) < 4.78 is 38.5. The number of hydrogen-bond acceptors (Lipinski definition) is 2. The van der Waals surface area contributed by atoms with Crippen molar-refractivity contribution in [2.75, 3.05) is 5.32 Å². The molecule has 0 radical (unpaired) electrons. The summed E-state index contributed by atoms with van der Waals surface area (Å²) in [6, 6.07) is 11.2. The molecule has 4 nitrogen and oxygen atoms in total. The highest BCUT2D eigenvalue weighted by atomic mass is 79.9. The Labute approximate surface area is 136 Å². The molecule has 0 aliphatic heterocycles. The van der Waals surface area contributed by atoms with E-state index in [0.717, 1.165) is 0 Å². The van der Waals surface area contributed by atoms with E-state index in [2.05, 4.69) is 31.2 Å². The van der Waals surface area contributed by atoms with E-state index in [1.54, 1.807) is 24.3 Å². The van der Waals surface area contributed by atoms with E-state index in [-0.39, 0.29) is 16.9 Å². The fourth-order valence-corrected chi connectivity index (χ4v) is 2.53. The average molecular weight is 384 g/mol. The summed E-state index contributed by atoms with van der Waals surface area (Å²) in [6.07, 6.45) is -4.54. The van der Waals surface area contributed by atoms with Crippen LogP contribution in [0.4, 0.5) is 18.9 Å². The fraction of sp³-hybridized carbons (Fsp3) is 0.0667. The van der Waals surface area contributed by atoms with Crippen LogP contribution in [0.15, 0.2) is 46.9 Å². The Balaban J connectivity index is 1.89. The van der Waals surface area contributed by atoms with E-state index >= 15 is 0 Å². The van der Waals surface area contributed by atoms with Crippen molar-refractivity contribution in [2.45, 2.75) is 6.18 Å². The molecule has 3 aromatic rings. The maximum Gasteiger partial charge on any atom is 0.449 e. The lowest BCUT2D eigenvalue weighted by Gasteiger charge is -2.06. The zero-order valence-corrected chi connectivity index (χ0v) is 13.0. The number of amides is 1. The van der Waals surface area contributed by atoms with Gasteiger partial charge in [0.2, 0.25) is 5.82 Å². The third-order valence-electron chi connectivity index (χ3n) is 3.13. The maximum absolute atomic E-state index is 12.6. The van der Waals surface area contributed by atoms with Crippen LogP contribution in [0.3, 0.4) is 0 Å². The summed E-state index contributed by atoms with van der Waals surface area (Å²) in [7, 11) is 0. The van der Waals surface area contributed by atoms with Crippen LogP contribution in [0.1, 0.15) is 16.2 Å². The lowest BCUT2D eigenvalue weighted by atomic mass is 10.2. The molecule has 0 unspecified atom stereocenters. The summed E-state index contributed by atoms with van der Waals surface area (Å²) >= 11 is 3.27. The van der Waals surface area contributed by atoms with Crippen LogP contribution in [-0.2, 0) is 6.18 Å². The van der Waals surface area contributed by atoms with E-state index in [0.29, 0.717) is 15.7 Å². The van der Waals surface area contributed by atoms with Gasteiger partial charge in [0.05, 0.1) is 16.6 Å². The number of imidazole rings is 1. The Morgan fingerprint density at radius 3 is 2.61 bits per heavy atom. The number of benzene rings is 2. The summed E-state index contributed by atoms with van der Waals surface area (Å²) in [4.78, 5) is 17.9. The van der Waals surface area contributed by atoms with Crippen LogP contribution in [0.5, 0.6) is 0 Å². The number of alkyl halides is 3. The van der Waals surface area contributed by atoms with Crippen LogP contribution < -0.4 is 5.32 Å². The van der Waals surface area contributed by atoms with Gasteiger partial charge in [-0.15, -0.1) is 0 Å². The number of hydrogen-bond donors (Lipinski definition) is 2. The molecule has 0 aliphatic rings. The summed E-state index contributed by atoms with van der Waals surface area (Å²) in [6.45, 7) is 0. The van der Waals surface area contributed by atoms with E-state index < -0.39 is 12.0 Å². The lowest BCUT2D eigenvalue weighted by Crippen LogP contribution is -2.12. The number of halogens is 4. The van der Waals surface area contributed by atoms with Crippen molar-refractivity contribution in [3.8, 4) is 0 Å². The molecule has 23 heavy (non-hydrogen) atoms. The molecule has 0 bridgehead atoms. The largest absolute Gasteiger partial charge is 0.449 e. The molecule has 0 saturated heterocycles. The van der Waals surface area contributed by atoms with Crippen molar-refractivity contribution in [1.82, 2.24) is 9.97 Å². The van der Waals surface area contributed by atoms with Crippen LogP contribution >= 0.6 is 15.9 Å². The van der Waals surface area contributed by atoms with Gasteiger partial charge in [-0.2, -0.15) is 13.2 Å². The number of anilines is 1. The fourth-order valence-electron chi connectivity index (χ4n) is 2.07. The zero-order chi connectivity index (χ0) is 16.6. The number of aromatic nitrogens is 2. The van der Waals surface area contributed by atoms with Crippen molar-refractivity contribution in [3.05, 3.63) is 58.3 Å². The molecule has 0 fully saturated rings. The van der Waals surface area contributed by atoms with Gasteiger partial charge in [0.25, 0.3) is 5.91 Å². The molecule has 0 saturated carbocycles. The first-order chi connectivity index (χ1) is 10.8. The Hall–Kier alpha value is -2.35. The van der Waals surface area contributed by atoms with Crippen LogP contribution in [-0.4, -0.2) is 15.9 Å². The number of fused-ring (bicyclic) bond motifs is 1. The molecular weight excluding hydrogens is 375 g/mol. The first-order valence-electron chi connectivity index (χ1n) is 6.47. The lowest BCUT2D eigenvalue weighted by molar-refractivity contribution is -0.144. The van der Waals surface area contributed by atoms with Crippen molar-refractivity contribution in [2.24, 2.45) is 0 Å². The molecule has 1 aromatic heterocycles. The minimum atomic E-state index is -4.54. The third kappa shape index (κ3) is 3.21. The van der Waals surface area contributed by atoms with Gasteiger partial charge in [-0.1, -0.05) is 12.1 Å². The number of nitrogens with zero attached hydrogens (tertiary/aromatic N) is 1. The van der Waals surface area contributed by atoms with Gasteiger partial charge in [-0.05, 0) is 46.3 Å². The van der Waals surface area contributed by atoms with Crippen molar-refractivity contribution < 1.29 is 18.0 Å². The number of H-pyrrole nitrogens is 1. The molecular formula is C15H9BrF3N3O. The summed E-state index contributed by atoms with van der Waals surface area (Å²) in [5.41, 5.74) is 1.17. The van der Waals surface area contributed by atoms with Crippen molar-refractivity contribution in [1.29, 1.82) is 0 Å². The Morgan fingerprint density at radius 2 is 1.91 bits per heavy atom. The second-order valence-corrected chi connectivity index (χ2v) is 5.60. The number of carbonyl (C=O) groups is 1. The molecule has 1 heterocycles. The van der Waals surface area contributed by atoms with E-state index in [1.807, 2.05) is 0 Å². The molecule has 2 aromatic carbocycles. The standard InChI is InChI=1S/C15H9BrF3N3O/c16-10-4-2-1-3-9(10)13(23)20-8-5-6-11-12(7-8)22-14(21-11)15(17,18)19/h1-7H,(H,20,23)(H,21,22). The first kappa shape index (κ1) is 15.5. The zero-order valence-electron chi connectivity index (χ0n) is 11.4. The molecule has 1 amide bonds. The van der Waals surface area contributed by atoms with Crippen LogP contribution in [0.25, 0.3) is 11.0 Å². The average Bonchev–Trinajstić information content (AvgIpc) is 2.91. The van der Waals surface area contributed by atoms with Gasteiger partial charge in [0.15, 0.2) is 0 Å². The molecule has 118 valence electrons. The summed E-state index contributed by atoms with van der Waals surface area (Å²) in [5.74, 6) is -1.44. The molecule has 0 atom stereocenters. The second kappa shape index (κ2) is 5.69. The van der Waals surface area contributed by atoms with E-state index in [1.165, 1.54) is 18.2 Å². The Bertz CT molecular complexity index is 889. The molecule has 2 N–H and O–H groups in total. The monoisotopic (exact) mass is 383 g/mol. The normalized spacial score (nSPS) is 11.7. The third-order valence-corrected chi connectivity index (χ3v) is 3.82. The van der Waals surface area contributed by atoms with Crippen molar-refractivity contribution in [3.63, 3.8) is 0 Å².